The van der Waals surface area contributed by atoms with E-state index in [1.807, 2.05) is 24.3 Å². The fraction of sp³-hybridized carbons (Fsp3) is 0.625. The van der Waals surface area contributed by atoms with Gasteiger partial charge in [0.2, 0.25) is 0 Å². The highest BCUT2D eigenvalue weighted by molar-refractivity contribution is 5.52. The lowest BCUT2D eigenvalue weighted by Crippen LogP contribution is -2.21. The van der Waals surface area contributed by atoms with Crippen molar-refractivity contribution in [2.24, 2.45) is 17.8 Å². The molecule has 6 heteroatoms. The van der Waals surface area contributed by atoms with Crippen LogP contribution in [0.4, 0.5) is 0 Å². The lowest BCUT2D eigenvalue weighted by atomic mass is 9.76. The molecule has 2 aromatic carbocycles. The molecule has 0 aliphatic heterocycles. The quantitative estimate of drug-likeness (QED) is 0.241. The fourth-order valence-corrected chi connectivity index (χ4v) is 4.22. The third-order valence-corrected chi connectivity index (χ3v) is 6.41. The van der Waals surface area contributed by atoms with E-state index in [4.69, 9.17) is 18.9 Å². The number of hydrogen-bond donors (Lipinski definition) is 2. The molecule has 2 aromatic rings. The summed E-state index contributed by atoms with van der Waals surface area (Å²) in [6.07, 6.45) is 0. The lowest BCUT2D eigenvalue weighted by molar-refractivity contribution is 0.0906. The molecular formula is C32H50O6. The molecule has 6 nitrogen and oxygen atoms in total. The molecule has 0 atom stereocenters. The summed E-state index contributed by atoms with van der Waals surface area (Å²) in [5.74, 6) is 1.65. The van der Waals surface area contributed by atoms with Crippen LogP contribution in [0.1, 0.15) is 88.8 Å². The van der Waals surface area contributed by atoms with Crippen LogP contribution in [0, 0.1) is 17.8 Å². The topological polar surface area (TPSA) is 77.4 Å². The Kier molecular flexibility index (Phi) is 12.6. The minimum absolute atomic E-state index is 0.214. The van der Waals surface area contributed by atoms with Crippen LogP contribution in [0.3, 0.4) is 0 Å². The average molecular weight is 531 g/mol. The molecule has 0 heterocycles. The summed E-state index contributed by atoms with van der Waals surface area (Å²) in [5.41, 5.74) is 4.57. The Labute approximate surface area is 230 Å². The molecule has 0 fully saturated rings. The van der Waals surface area contributed by atoms with Crippen LogP contribution >= 0.6 is 0 Å². The first-order valence-corrected chi connectivity index (χ1v) is 13.8. The summed E-state index contributed by atoms with van der Waals surface area (Å²) in [6.45, 7) is 20.0. The van der Waals surface area contributed by atoms with Crippen LogP contribution in [-0.2, 0) is 50.8 Å². The lowest BCUT2D eigenvalue weighted by Gasteiger charge is -2.29. The Morgan fingerprint density at radius 1 is 0.579 bits per heavy atom. The maximum absolute atomic E-state index is 11.1. The van der Waals surface area contributed by atoms with E-state index in [9.17, 15) is 10.2 Å². The second kappa shape index (κ2) is 14.9. The summed E-state index contributed by atoms with van der Waals surface area (Å²) in [4.78, 5) is 0. The molecule has 2 rings (SSSR count). The minimum Gasteiger partial charge on any atom is -0.507 e. The van der Waals surface area contributed by atoms with Gasteiger partial charge in [-0.05, 0) is 53.1 Å². The number of methoxy groups -OCH3 is 1. The Morgan fingerprint density at radius 2 is 0.868 bits per heavy atom. The van der Waals surface area contributed by atoms with Gasteiger partial charge in [0.15, 0.2) is 0 Å². The van der Waals surface area contributed by atoms with Gasteiger partial charge in [-0.15, -0.1) is 0 Å². The standard InChI is InChI=1S/C32H50O6/c1-21(2)14-36-18-25-11-28(10-24(17-35-9)30(25)33)32(7,8)29-12-26(19-37-15-22(3)4)31(34)27(13-29)20-38-16-23(5)6/h10-13,21-23,33-34H,14-20H2,1-9H3. The van der Waals surface area contributed by atoms with E-state index >= 15 is 0 Å². The van der Waals surface area contributed by atoms with Crippen LogP contribution in [0.5, 0.6) is 11.5 Å². The largest absolute Gasteiger partial charge is 0.507 e. The van der Waals surface area contributed by atoms with Crippen molar-refractivity contribution in [2.75, 3.05) is 26.9 Å². The van der Waals surface area contributed by atoms with Crippen molar-refractivity contribution < 1.29 is 29.2 Å². The second-order valence-electron chi connectivity index (χ2n) is 12.1. The zero-order valence-electron chi connectivity index (χ0n) is 25.0. The number of phenols is 2. The summed E-state index contributed by atoms with van der Waals surface area (Å²) in [6, 6.07) is 8.08. The molecular weight excluding hydrogens is 480 g/mol. The molecule has 0 radical (unpaired) electrons. The van der Waals surface area contributed by atoms with E-state index in [1.165, 1.54) is 0 Å². The molecule has 38 heavy (non-hydrogen) atoms. The van der Waals surface area contributed by atoms with Crippen molar-refractivity contribution in [2.45, 2.75) is 87.2 Å². The van der Waals surface area contributed by atoms with Gasteiger partial charge in [0.1, 0.15) is 11.5 Å². The smallest absolute Gasteiger partial charge is 0.126 e. The Balaban J connectivity index is 2.54. The highest BCUT2D eigenvalue weighted by Gasteiger charge is 2.28. The van der Waals surface area contributed by atoms with Crippen LogP contribution in [0.15, 0.2) is 24.3 Å². The Hall–Kier alpha value is -2.12. The van der Waals surface area contributed by atoms with Gasteiger partial charge in [-0.2, -0.15) is 0 Å². The molecule has 2 N–H and O–H groups in total. The molecule has 0 aliphatic carbocycles. The monoisotopic (exact) mass is 530 g/mol. The third-order valence-electron chi connectivity index (χ3n) is 6.41. The zero-order chi connectivity index (χ0) is 28.5. The van der Waals surface area contributed by atoms with Gasteiger partial charge in [-0.25, -0.2) is 0 Å². The van der Waals surface area contributed by atoms with E-state index in [0.29, 0.717) is 64.0 Å². The number of hydrogen-bond acceptors (Lipinski definition) is 6. The van der Waals surface area contributed by atoms with Gasteiger partial charge in [-0.3, -0.25) is 0 Å². The number of benzene rings is 2. The van der Waals surface area contributed by atoms with Gasteiger partial charge >= 0.3 is 0 Å². The predicted molar refractivity (Wildman–Crippen MR) is 153 cm³/mol. The van der Waals surface area contributed by atoms with Crippen LogP contribution in [0.25, 0.3) is 0 Å². The summed E-state index contributed by atoms with van der Waals surface area (Å²) in [7, 11) is 1.62. The third kappa shape index (κ3) is 9.26. The van der Waals surface area contributed by atoms with E-state index in [-0.39, 0.29) is 11.5 Å². The molecule has 0 aliphatic rings. The van der Waals surface area contributed by atoms with Gasteiger partial charge in [0, 0.05) is 54.6 Å². The highest BCUT2D eigenvalue weighted by Crippen LogP contribution is 2.39. The molecule has 0 unspecified atom stereocenters. The van der Waals surface area contributed by atoms with Gasteiger partial charge in [-0.1, -0.05) is 55.4 Å². The predicted octanol–water partition coefficient (Wildman–Crippen LogP) is 7.09. The Morgan fingerprint density at radius 3 is 1.13 bits per heavy atom. The van der Waals surface area contributed by atoms with Crippen molar-refractivity contribution in [3.8, 4) is 11.5 Å². The number of aromatic hydroxyl groups is 2. The minimum atomic E-state index is -0.448. The molecule has 214 valence electrons. The van der Waals surface area contributed by atoms with E-state index in [1.54, 1.807) is 7.11 Å². The maximum atomic E-state index is 11.1. The molecule has 0 spiro atoms. The van der Waals surface area contributed by atoms with Crippen LogP contribution < -0.4 is 0 Å². The normalized spacial score (nSPS) is 12.3. The number of rotatable bonds is 16. The molecule has 0 saturated heterocycles. The van der Waals surface area contributed by atoms with Crippen LogP contribution in [-0.4, -0.2) is 37.1 Å². The van der Waals surface area contributed by atoms with E-state index in [2.05, 4.69) is 55.4 Å². The molecule has 0 amide bonds. The number of phenolic OH excluding ortho intramolecular Hbond substituents is 2. The summed E-state index contributed by atoms with van der Waals surface area (Å²) in [5, 5.41) is 22.0. The second-order valence-corrected chi connectivity index (χ2v) is 12.1. The highest BCUT2D eigenvalue weighted by atomic mass is 16.5. The first kappa shape index (κ1) is 32.1. The van der Waals surface area contributed by atoms with E-state index < -0.39 is 5.41 Å². The van der Waals surface area contributed by atoms with Gasteiger partial charge in [0.05, 0.1) is 26.4 Å². The van der Waals surface area contributed by atoms with Crippen molar-refractivity contribution in [3.63, 3.8) is 0 Å². The number of ether oxygens (including phenoxy) is 4. The molecule has 0 bridgehead atoms. The molecule has 0 saturated carbocycles. The van der Waals surface area contributed by atoms with Gasteiger partial charge < -0.3 is 29.2 Å². The van der Waals surface area contributed by atoms with Crippen molar-refractivity contribution >= 4 is 0 Å². The van der Waals surface area contributed by atoms with Crippen molar-refractivity contribution in [1.82, 2.24) is 0 Å². The van der Waals surface area contributed by atoms with Crippen LogP contribution in [0.2, 0.25) is 0 Å². The summed E-state index contributed by atoms with van der Waals surface area (Å²) >= 11 is 0. The Bertz CT molecular complexity index is 974. The zero-order valence-corrected chi connectivity index (χ0v) is 25.0. The van der Waals surface area contributed by atoms with Crippen molar-refractivity contribution in [3.05, 3.63) is 57.6 Å². The average Bonchev–Trinajstić information content (AvgIpc) is 2.82. The summed E-state index contributed by atoms with van der Waals surface area (Å²) < 4.78 is 23.1. The van der Waals surface area contributed by atoms with Gasteiger partial charge in [0.25, 0.3) is 0 Å². The van der Waals surface area contributed by atoms with Crippen molar-refractivity contribution in [1.29, 1.82) is 0 Å². The molecule has 0 aromatic heterocycles. The maximum Gasteiger partial charge on any atom is 0.126 e. The first-order chi connectivity index (χ1) is 17.9. The van der Waals surface area contributed by atoms with E-state index in [0.717, 1.165) is 33.4 Å². The first-order valence-electron chi connectivity index (χ1n) is 13.8. The SMILES string of the molecule is COCc1cc(C(C)(C)c2cc(COCC(C)C)c(O)c(COCC(C)C)c2)cc(COCC(C)C)c1O. The fourth-order valence-electron chi connectivity index (χ4n) is 4.22.